The topological polar surface area (TPSA) is 70.1 Å². The third kappa shape index (κ3) is 1.47. The summed E-state index contributed by atoms with van der Waals surface area (Å²) in [5, 5.41) is 3.16. The van der Waals surface area contributed by atoms with Crippen LogP contribution in [0.3, 0.4) is 0 Å². The van der Waals surface area contributed by atoms with Gasteiger partial charge >= 0.3 is 5.95 Å². The summed E-state index contributed by atoms with van der Waals surface area (Å²) in [6.07, 6.45) is 5.85. The number of aliphatic imine (C=N–C) groups is 1. The van der Waals surface area contributed by atoms with Crippen molar-refractivity contribution in [2.75, 3.05) is 5.32 Å². The molecule has 5 heteroatoms. The lowest BCUT2D eigenvalue weighted by Crippen LogP contribution is -2.61. The number of anilines is 1. The summed E-state index contributed by atoms with van der Waals surface area (Å²) in [5.41, 5.74) is 8.11. The Labute approximate surface area is 111 Å². The molecule has 4 rings (SSSR count). The second-order valence-electron chi connectivity index (χ2n) is 5.49. The lowest BCUT2D eigenvalue weighted by Gasteiger charge is -2.34. The zero-order valence-corrected chi connectivity index (χ0v) is 10.8. The van der Waals surface area contributed by atoms with Gasteiger partial charge in [-0.2, -0.15) is 4.99 Å². The Morgan fingerprint density at radius 2 is 1.95 bits per heavy atom. The molecule has 0 amide bonds. The van der Waals surface area contributed by atoms with Crippen LogP contribution >= 0.6 is 0 Å². The number of rotatable bonds is 0. The van der Waals surface area contributed by atoms with Gasteiger partial charge in [0.25, 0.3) is 5.96 Å². The van der Waals surface area contributed by atoms with Crippen molar-refractivity contribution in [1.29, 1.82) is 0 Å². The number of imidazole rings is 1. The zero-order valence-electron chi connectivity index (χ0n) is 10.8. The van der Waals surface area contributed by atoms with Crippen molar-refractivity contribution in [2.24, 2.45) is 10.7 Å². The summed E-state index contributed by atoms with van der Waals surface area (Å²) in [4.78, 5) is 8.17. The molecule has 5 nitrogen and oxygen atoms in total. The molecule has 2 heterocycles. The molecule has 1 fully saturated rings. The summed E-state index contributed by atoms with van der Waals surface area (Å²) in [6, 6.07) is 8.35. The summed E-state index contributed by atoms with van der Waals surface area (Å²) in [6.45, 7) is 0. The lowest BCUT2D eigenvalue weighted by atomic mass is 9.88. The first-order valence-corrected chi connectivity index (χ1v) is 6.94. The van der Waals surface area contributed by atoms with Crippen molar-refractivity contribution in [1.82, 2.24) is 4.98 Å². The van der Waals surface area contributed by atoms with Crippen LogP contribution in [-0.2, 0) is 5.66 Å². The monoisotopic (exact) mass is 256 g/mol. The number of H-pyrrole nitrogens is 1. The minimum atomic E-state index is -0.192. The number of para-hydroxylation sites is 2. The number of benzene rings is 1. The Bertz CT molecular complexity index is 664. The van der Waals surface area contributed by atoms with Crippen LogP contribution < -0.4 is 15.6 Å². The second-order valence-corrected chi connectivity index (χ2v) is 5.49. The Balaban J connectivity index is 2.00. The molecule has 1 aromatic heterocycles. The minimum absolute atomic E-state index is 0.192. The van der Waals surface area contributed by atoms with Crippen LogP contribution in [0.4, 0.5) is 5.95 Å². The number of hydrogen-bond donors (Lipinski definition) is 3. The minimum Gasteiger partial charge on any atom is -0.357 e. The number of aromatic nitrogens is 2. The van der Waals surface area contributed by atoms with E-state index in [2.05, 4.69) is 33.1 Å². The molecule has 4 N–H and O–H groups in total. The highest BCUT2D eigenvalue weighted by molar-refractivity contribution is 5.92. The first-order valence-electron chi connectivity index (χ1n) is 6.94. The van der Waals surface area contributed by atoms with E-state index in [0.29, 0.717) is 5.96 Å². The van der Waals surface area contributed by atoms with E-state index in [4.69, 9.17) is 10.7 Å². The average Bonchev–Trinajstić information content (AvgIpc) is 2.78. The van der Waals surface area contributed by atoms with Gasteiger partial charge in [0.15, 0.2) is 5.66 Å². The molecule has 1 aliphatic carbocycles. The number of aromatic amines is 1. The smallest absolute Gasteiger partial charge is 0.357 e. The van der Waals surface area contributed by atoms with Gasteiger partial charge < -0.3 is 5.73 Å². The van der Waals surface area contributed by atoms with Gasteiger partial charge in [-0.15, -0.1) is 0 Å². The summed E-state index contributed by atoms with van der Waals surface area (Å²) in [5.74, 6) is 1.48. The predicted molar refractivity (Wildman–Crippen MR) is 74.8 cm³/mol. The maximum absolute atomic E-state index is 5.98. The van der Waals surface area contributed by atoms with Gasteiger partial charge in [-0.05, 0) is 25.0 Å². The first-order chi connectivity index (χ1) is 9.28. The van der Waals surface area contributed by atoms with E-state index in [1.807, 2.05) is 6.07 Å². The van der Waals surface area contributed by atoms with Gasteiger partial charge in [-0.25, -0.2) is 14.9 Å². The molecule has 1 spiro atoms. The van der Waals surface area contributed by atoms with Crippen LogP contribution in [-0.4, -0.2) is 10.9 Å². The van der Waals surface area contributed by atoms with Crippen molar-refractivity contribution in [3.63, 3.8) is 0 Å². The number of hydrogen-bond acceptors (Lipinski definition) is 3. The average molecular weight is 256 g/mol. The molecule has 98 valence electrons. The molecule has 0 radical (unpaired) electrons. The fourth-order valence-corrected chi connectivity index (χ4v) is 3.47. The second kappa shape index (κ2) is 3.73. The molecule has 0 unspecified atom stereocenters. The highest BCUT2D eigenvalue weighted by Crippen LogP contribution is 2.35. The number of nitrogens with two attached hydrogens (primary N) is 1. The molecule has 0 atom stereocenters. The molecule has 2 aromatic rings. The Hall–Kier alpha value is -2.04. The highest BCUT2D eigenvalue weighted by atomic mass is 15.4. The van der Waals surface area contributed by atoms with E-state index < -0.39 is 0 Å². The van der Waals surface area contributed by atoms with Crippen molar-refractivity contribution >= 4 is 22.9 Å². The zero-order chi connectivity index (χ0) is 12.9. The predicted octanol–water partition coefficient (Wildman–Crippen LogP) is 1.81. The van der Waals surface area contributed by atoms with E-state index >= 15 is 0 Å². The Kier molecular flexibility index (Phi) is 2.13. The molecule has 0 bridgehead atoms. The largest absolute Gasteiger partial charge is 0.365 e. The third-order valence-corrected chi connectivity index (χ3v) is 4.27. The SMILES string of the molecule is NC1=NC2(CCCCC2)[n+]2c([nH]c3ccccc32)N1. The van der Waals surface area contributed by atoms with E-state index in [1.165, 1.54) is 24.8 Å². The molecule has 1 aromatic carbocycles. The maximum atomic E-state index is 5.98. The van der Waals surface area contributed by atoms with Crippen molar-refractivity contribution < 1.29 is 4.57 Å². The van der Waals surface area contributed by atoms with Gasteiger partial charge in [0, 0.05) is 12.8 Å². The number of nitrogens with one attached hydrogen (secondary N) is 2. The van der Waals surface area contributed by atoms with E-state index in [-0.39, 0.29) is 5.66 Å². The highest BCUT2D eigenvalue weighted by Gasteiger charge is 2.44. The van der Waals surface area contributed by atoms with Crippen LogP contribution in [0.5, 0.6) is 0 Å². The number of fused-ring (bicyclic) bond motifs is 4. The van der Waals surface area contributed by atoms with Crippen molar-refractivity contribution in [3.8, 4) is 0 Å². The quantitative estimate of drug-likeness (QED) is 0.629. The van der Waals surface area contributed by atoms with Crippen LogP contribution in [0.2, 0.25) is 0 Å². The van der Waals surface area contributed by atoms with Crippen LogP contribution in [0.25, 0.3) is 11.0 Å². The number of nitrogens with zero attached hydrogens (tertiary/aromatic N) is 2. The van der Waals surface area contributed by atoms with Gasteiger partial charge in [0.1, 0.15) is 11.0 Å². The first kappa shape index (κ1) is 10.8. The summed E-state index contributed by atoms with van der Waals surface area (Å²) < 4.78 is 2.30. The van der Waals surface area contributed by atoms with Crippen molar-refractivity contribution in [2.45, 2.75) is 37.8 Å². The molecule has 2 aliphatic rings. The molecule has 0 saturated heterocycles. The molecule has 19 heavy (non-hydrogen) atoms. The van der Waals surface area contributed by atoms with Crippen LogP contribution in [0.15, 0.2) is 29.3 Å². The normalized spacial score (nSPS) is 20.9. The molecular formula is C14H18N5+. The van der Waals surface area contributed by atoms with Gasteiger partial charge in [0.2, 0.25) is 0 Å². The van der Waals surface area contributed by atoms with E-state index in [1.54, 1.807) is 0 Å². The van der Waals surface area contributed by atoms with E-state index in [9.17, 15) is 0 Å². The van der Waals surface area contributed by atoms with Crippen LogP contribution in [0, 0.1) is 0 Å². The van der Waals surface area contributed by atoms with Gasteiger partial charge in [-0.3, -0.25) is 0 Å². The fourth-order valence-electron chi connectivity index (χ4n) is 3.47. The molecule has 1 saturated carbocycles. The summed E-state index contributed by atoms with van der Waals surface area (Å²) in [7, 11) is 0. The number of guanidine groups is 1. The molecular weight excluding hydrogens is 238 g/mol. The van der Waals surface area contributed by atoms with E-state index in [0.717, 1.165) is 24.3 Å². The van der Waals surface area contributed by atoms with Gasteiger partial charge in [-0.1, -0.05) is 18.6 Å². The summed E-state index contributed by atoms with van der Waals surface area (Å²) >= 11 is 0. The lowest BCUT2D eigenvalue weighted by molar-refractivity contribution is -0.732. The van der Waals surface area contributed by atoms with Crippen LogP contribution in [0.1, 0.15) is 32.1 Å². The van der Waals surface area contributed by atoms with Crippen molar-refractivity contribution in [3.05, 3.63) is 24.3 Å². The fraction of sp³-hybridized carbons (Fsp3) is 0.429. The maximum Gasteiger partial charge on any atom is 0.365 e. The Morgan fingerprint density at radius 1 is 1.16 bits per heavy atom. The standard InChI is InChI=1S/C14H17N5/c15-12-17-13-16-10-6-2-3-7-11(10)19(13)14(18-12)8-4-1-5-9-14/h2-3,6-7H,1,4-5,8-9H2,(H3,15,16,17,18)/p+1. The Morgan fingerprint density at radius 3 is 2.79 bits per heavy atom. The third-order valence-electron chi connectivity index (χ3n) is 4.27. The van der Waals surface area contributed by atoms with Gasteiger partial charge in [0.05, 0.1) is 0 Å². The molecule has 1 aliphatic heterocycles.